The molecule has 1 aliphatic heterocycles. The predicted octanol–water partition coefficient (Wildman–Crippen LogP) is 2.47. The molecule has 0 radical (unpaired) electrons. The van der Waals surface area contributed by atoms with Gasteiger partial charge in [0.2, 0.25) is 5.91 Å². The molecule has 2 rings (SSSR count). The Morgan fingerprint density at radius 1 is 1.59 bits per heavy atom. The molecule has 1 amide bonds. The zero-order chi connectivity index (χ0) is 12.1. The van der Waals surface area contributed by atoms with Crippen LogP contribution >= 0.6 is 23.1 Å². The summed E-state index contributed by atoms with van der Waals surface area (Å²) in [7, 11) is 0. The molecule has 0 bridgehead atoms. The van der Waals surface area contributed by atoms with Crippen molar-refractivity contribution in [1.29, 1.82) is 0 Å². The fraction of sp³-hybridized carbons (Fsp3) is 0.364. The van der Waals surface area contributed by atoms with Gasteiger partial charge in [-0.3, -0.25) is 4.79 Å². The van der Waals surface area contributed by atoms with Crippen molar-refractivity contribution in [3.63, 3.8) is 0 Å². The van der Waals surface area contributed by atoms with E-state index in [0.717, 1.165) is 17.7 Å². The summed E-state index contributed by atoms with van der Waals surface area (Å²) in [5, 5.41) is 13.3. The highest BCUT2D eigenvalue weighted by molar-refractivity contribution is 8.15. The summed E-state index contributed by atoms with van der Waals surface area (Å²) in [4.78, 5) is 12.6. The summed E-state index contributed by atoms with van der Waals surface area (Å²) in [6.45, 7) is 2.07. The lowest BCUT2D eigenvalue weighted by Gasteiger charge is -1.99. The van der Waals surface area contributed by atoms with Gasteiger partial charge in [0, 0.05) is 4.88 Å². The van der Waals surface area contributed by atoms with Gasteiger partial charge in [0.1, 0.15) is 0 Å². The number of amides is 1. The summed E-state index contributed by atoms with van der Waals surface area (Å²) < 4.78 is 0. The van der Waals surface area contributed by atoms with Gasteiger partial charge < -0.3 is 5.32 Å². The predicted molar refractivity (Wildman–Crippen MR) is 73.8 cm³/mol. The maximum atomic E-state index is 11.5. The van der Waals surface area contributed by atoms with E-state index in [2.05, 4.69) is 22.4 Å². The van der Waals surface area contributed by atoms with Crippen LogP contribution in [-0.4, -0.2) is 22.5 Å². The molecule has 0 unspecified atom stereocenters. The van der Waals surface area contributed by atoms with Crippen LogP contribution < -0.4 is 5.32 Å². The Hall–Kier alpha value is -1.14. The molecule has 0 aliphatic carbocycles. The topological polar surface area (TPSA) is 53.8 Å². The van der Waals surface area contributed by atoms with Crippen molar-refractivity contribution in [2.75, 3.05) is 0 Å². The number of hydrogen-bond acceptors (Lipinski definition) is 5. The molecule has 1 aromatic rings. The number of carbonyl (C=O) groups excluding carboxylic acids is 1. The number of amidine groups is 1. The molecule has 6 heteroatoms. The number of rotatable bonds is 4. The van der Waals surface area contributed by atoms with Crippen molar-refractivity contribution in [2.24, 2.45) is 10.2 Å². The third kappa shape index (κ3) is 3.41. The van der Waals surface area contributed by atoms with Crippen molar-refractivity contribution in [1.82, 2.24) is 5.32 Å². The summed E-state index contributed by atoms with van der Waals surface area (Å²) in [6.07, 6.45) is 3.57. The van der Waals surface area contributed by atoms with Gasteiger partial charge in [-0.25, -0.2) is 0 Å². The smallest absolute Gasteiger partial charge is 0.239 e. The Morgan fingerprint density at radius 3 is 3.18 bits per heavy atom. The molecule has 2 heterocycles. The third-order valence-corrected chi connectivity index (χ3v) is 4.15. The monoisotopic (exact) mass is 267 g/mol. The van der Waals surface area contributed by atoms with Crippen LogP contribution in [0.1, 0.15) is 24.6 Å². The van der Waals surface area contributed by atoms with Gasteiger partial charge in [-0.15, -0.1) is 16.4 Å². The normalized spacial score (nSPS) is 22.5. The zero-order valence-electron chi connectivity index (χ0n) is 9.42. The minimum atomic E-state index is -0.00399. The Balaban J connectivity index is 1.93. The van der Waals surface area contributed by atoms with E-state index in [9.17, 15) is 4.79 Å². The number of carbonyl (C=O) groups is 1. The molecule has 1 atom stereocenters. The Bertz CT molecular complexity index is 440. The largest absolute Gasteiger partial charge is 0.303 e. The second kappa shape index (κ2) is 5.97. The summed E-state index contributed by atoms with van der Waals surface area (Å²) in [5.74, 6) is 0.0434. The molecule has 1 N–H and O–H groups in total. The lowest BCUT2D eigenvalue weighted by molar-refractivity contribution is -0.118. The highest BCUT2D eigenvalue weighted by Gasteiger charge is 2.29. The van der Waals surface area contributed by atoms with Crippen LogP contribution in [-0.2, 0) is 4.79 Å². The molecule has 4 nitrogen and oxygen atoms in total. The zero-order valence-corrected chi connectivity index (χ0v) is 11.1. The summed E-state index contributed by atoms with van der Waals surface area (Å²) in [5.41, 5.74) is 0. The first-order valence-corrected chi connectivity index (χ1v) is 7.17. The molecule has 1 aliphatic rings. The Labute approximate surface area is 108 Å². The van der Waals surface area contributed by atoms with E-state index in [1.807, 2.05) is 17.5 Å². The number of nitrogens with one attached hydrogen (secondary N) is 1. The molecule has 0 spiro atoms. The van der Waals surface area contributed by atoms with Gasteiger partial charge in [0.25, 0.3) is 0 Å². The van der Waals surface area contributed by atoms with Gasteiger partial charge in [0.05, 0.1) is 11.5 Å². The van der Waals surface area contributed by atoms with Gasteiger partial charge in [0.15, 0.2) is 5.17 Å². The Morgan fingerprint density at radius 2 is 2.47 bits per heavy atom. The molecule has 0 aromatic carbocycles. The molecule has 17 heavy (non-hydrogen) atoms. The summed E-state index contributed by atoms with van der Waals surface area (Å²) in [6, 6.07) is 3.93. The maximum Gasteiger partial charge on any atom is 0.239 e. The first-order chi connectivity index (χ1) is 8.29. The third-order valence-electron chi connectivity index (χ3n) is 2.20. The van der Waals surface area contributed by atoms with Crippen molar-refractivity contribution in [2.45, 2.75) is 25.0 Å². The highest BCUT2D eigenvalue weighted by Crippen LogP contribution is 2.23. The number of thiophene rings is 1. The van der Waals surface area contributed by atoms with Crippen LogP contribution in [0.25, 0.3) is 0 Å². The lowest BCUT2D eigenvalue weighted by Crippen LogP contribution is -2.24. The highest BCUT2D eigenvalue weighted by atomic mass is 32.2. The van der Waals surface area contributed by atoms with E-state index >= 15 is 0 Å². The average Bonchev–Trinajstić information content (AvgIpc) is 2.91. The maximum absolute atomic E-state index is 11.5. The second-order valence-electron chi connectivity index (χ2n) is 3.55. The summed E-state index contributed by atoms with van der Waals surface area (Å²) >= 11 is 3.06. The Kier molecular flexibility index (Phi) is 4.33. The molecule has 1 saturated heterocycles. The molecule has 1 fully saturated rings. The van der Waals surface area contributed by atoms with E-state index in [-0.39, 0.29) is 11.2 Å². The van der Waals surface area contributed by atoms with Crippen LogP contribution in [0.15, 0.2) is 27.7 Å². The van der Waals surface area contributed by atoms with Crippen LogP contribution in [0.4, 0.5) is 0 Å². The van der Waals surface area contributed by atoms with E-state index in [1.54, 1.807) is 17.6 Å². The quantitative estimate of drug-likeness (QED) is 0.673. The number of thioether (sulfide) groups is 1. The van der Waals surface area contributed by atoms with Gasteiger partial charge >= 0.3 is 0 Å². The van der Waals surface area contributed by atoms with Gasteiger partial charge in [-0.1, -0.05) is 31.2 Å². The van der Waals surface area contributed by atoms with Crippen LogP contribution in [0.3, 0.4) is 0 Å². The molecular formula is C11H13N3OS2. The van der Waals surface area contributed by atoms with Crippen molar-refractivity contribution in [3.05, 3.63) is 22.4 Å². The minimum Gasteiger partial charge on any atom is -0.303 e. The molecular weight excluding hydrogens is 254 g/mol. The van der Waals surface area contributed by atoms with E-state index in [4.69, 9.17) is 0 Å². The lowest BCUT2D eigenvalue weighted by atomic mass is 10.2. The van der Waals surface area contributed by atoms with Crippen molar-refractivity contribution in [3.8, 4) is 0 Å². The van der Waals surface area contributed by atoms with E-state index in [1.165, 1.54) is 11.8 Å². The fourth-order valence-electron chi connectivity index (χ4n) is 1.41. The number of hydrogen-bond donors (Lipinski definition) is 1. The first-order valence-electron chi connectivity index (χ1n) is 5.41. The molecule has 1 aromatic heterocycles. The van der Waals surface area contributed by atoms with Gasteiger partial charge in [-0.2, -0.15) is 5.10 Å². The fourth-order valence-corrected chi connectivity index (χ4v) is 3.03. The van der Waals surface area contributed by atoms with Gasteiger partial charge in [-0.05, 0) is 17.9 Å². The average molecular weight is 267 g/mol. The van der Waals surface area contributed by atoms with Crippen LogP contribution in [0.2, 0.25) is 0 Å². The standard InChI is InChI=1S/C11H13N3OS2/c1-2-4-9-10(15)13-11(17-9)14-12-7-8-5-3-6-16-8/h3,5-7,9H,2,4H2,1H3,(H,13,14,15)/b12-7-/t9-/m1/s1. The van der Waals surface area contributed by atoms with Crippen LogP contribution in [0.5, 0.6) is 0 Å². The van der Waals surface area contributed by atoms with Crippen molar-refractivity contribution < 1.29 is 4.79 Å². The first kappa shape index (κ1) is 12.3. The molecule has 0 saturated carbocycles. The number of nitrogens with zero attached hydrogens (tertiary/aromatic N) is 2. The second-order valence-corrected chi connectivity index (χ2v) is 5.72. The molecule has 90 valence electrons. The minimum absolute atomic E-state index is 0.00399. The van der Waals surface area contributed by atoms with E-state index < -0.39 is 0 Å². The van der Waals surface area contributed by atoms with Crippen molar-refractivity contribution >= 4 is 40.4 Å². The SMILES string of the molecule is CCC[C@H]1S/C(=N\N=C/c2cccs2)NC1=O. The van der Waals surface area contributed by atoms with E-state index in [0.29, 0.717) is 5.17 Å². The van der Waals surface area contributed by atoms with Crippen LogP contribution in [0, 0.1) is 0 Å².